The SMILES string of the molecule is CCC(=O)Cc1ccc(-n2c(=O)n(CC3CCC(NC(=O)c4cc(Cl)cnc4C(F)F)CC3)c3ccccc32)cn1. The van der Waals surface area contributed by atoms with Gasteiger partial charge in [-0.25, -0.2) is 13.6 Å². The van der Waals surface area contributed by atoms with Crippen molar-refractivity contribution in [3.63, 3.8) is 0 Å². The van der Waals surface area contributed by atoms with Crippen molar-refractivity contribution >= 4 is 34.3 Å². The van der Waals surface area contributed by atoms with E-state index in [0.29, 0.717) is 37.2 Å². The lowest BCUT2D eigenvalue weighted by molar-refractivity contribution is -0.118. The first-order valence-electron chi connectivity index (χ1n) is 13.7. The third kappa shape index (κ3) is 6.22. The van der Waals surface area contributed by atoms with E-state index in [1.807, 2.05) is 37.3 Å². The van der Waals surface area contributed by atoms with Crippen molar-refractivity contribution in [1.29, 1.82) is 0 Å². The van der Waals surface area contributed by atoms with Gasteiger partial charge < -0.3 is 5.32 Å². The monoisotopic (exact) mass is 581 g/mol. The predicted octanol–water partition coefficient (Wildman–Crippen LogP) is 5.68. The molecule has 0 radical (unpaired) electrons. The normalized spacial score (nSPS) is 17.2. The van der Waals surface area contributed by atoms with Crippen molar-refractivity contribution in [2.45, 2.75) is 64.5 Å². The van der Waals surface area contributed by atoms with E-state index in [9.17, 15) is 23.2 Å². The molecular formula is C30H30ClF2N5O3. The van der Waals surface area contributed by atoms with Crippen LogP contribution in [0.15, 0.2) is 59.7 Å². The lowest BCUT2D eigenvalue weighted by atomic mass is 9.85. The average Bonchev–Trinajstić information content (AvgIpc) is 3.25. The summed E-state index contributed by atoms with van der Waals surface area (Å²) in [6.07, 6.45) is 3.38. The van der Waals surface area contributed by atoms with Crippen LogP contribution in [0.4, 0.5) is 8.78 Å². The van der Waals surface area contributed by atoms with Gasteiger partial charge in [-0.15, -0.1) is 0 Å². The summed E-state index contributed by atoms with van der Waals surface area (Å²) in [6, 6.07) is 12.2. The quantitative estimate of drug-likeness (QED) is 0.274. The van der Waals surface area contributed by atoms with E-state index in [1.165, 1.54) is 6.07 Å². The maximum absolute atomic E-state index is 13.7. The molecule has 0 atom stereocenters. The second kappa shape index (κ2) is 12.3. The zero-order chi connectivity index (χ0) is 29.1. The second-order valence-corrected chi connectivity index (χ2v) is 10.8. The fourth-order valence-corrected chi connectivity index (χ4v) is 5.59. The summed E-state index contributed by atoms with van der Waals surface area (Å²) in [6.45, 7) is 2.33. The van der Waals surface area contributed by atoms with Gasteiger partial charge in [0.2, 0.25) is 0 Å². The fraction of sp³-hybridized carbons (Fsp3) is 0.367. The Balaban J connectivity index is 1.29. The number of pyridine rings is 2. The molecule has 0 saturated heterocycles. The summed E-state index contributed by atoms with van der Waals surface area (Å²) in [5, 5.41) is 2.97. The highest BCUT2D eigenvalue weighted by molar-refractivity contribution is 6.30. The smallest absolute Gasteiger partial charge is 0.333 e. The number of carbonyl (C=O) groups excluding carboxylic acids is 2. The number of aromatic nitrogens is 4. The Bertz CT molecular complexity index is 1630. The molecule has 3 heterocycles. The molecule has 1 saturated carbocycles. The van der Waals surface area contributed by atoms with Gasteiger partial charge in [0.25, 0.3) is 12.3 Å². The van der Waals surface area contributed by atoms with Crippen LogP contribution in [0, 0.1) is 5.92 Å². The van der Waals surface area contributed by atoms with E-state index in [1.54, 1.807) is 21.4 Å². The molecule has 1 aliphatic rings. The van der Waals surface area contributed by atoms with Crippen LogP contribution in [0.2, 0.25) is 5.02 Å². The number of amides is 1. The van der Waals surface area contributed by atoms with Gasteiger partial charge in [0.15, 0.2) is 0 Å². The number of fused-ring (bicyclic) bond motifs is 1. The van der Waals surface area contributed by atoms with Crippen LogP contribution in [0.25, 0.3) is 16.7 Å². The highest BCUT2D eigenvalue weighted by Gasteiger charge is 2.27. The molecule has 1 amide bonds. The number of hydrogen-bond donors (Lipinski definition) is 1. The molecule has 214 valence electrons. The third-order valence-corrected chi connectivity index (χ3v) is 7.84. The topological polar surface area (TPSA) is 98.9 Å². The number of halogens is 3. The number of ketones is 1. The third-order valence-electron chi connectivity index (χ3n) is 7.63. The molecule has 0 bridgehead atoms. The number of Topliss-reactive ketones (excluding diaryl/α,β-unsaturated/α-hetero) is 1. The fourth-order valence-electron chi connectivity index (χ4n) is 5.43. The van der Waals surface area contributed by atoms with E-state index in [0.717, 1.165) is 30.1 Å². The van der Waals surface area contributed by atoms with Crippen LogP contribution in [0.1, 0.15) is 67.2 Å². The molecule has 8 nitrogen and oxygen atoms in total. The number of para-hydroxylation sites is 2. The van der Waals surface area contributed by atoms with Crippen molar-refractivity contribution in [2.75, 3.05) is 0 Å². The minimum absolute atomic E-state index is 0.104. The molecule has 4 aromatic rings. The summed E-state index contributed by atoms with van der Waals surface area (Å²) in [5.74, 6) is -0.311. The van der Waals surface area contributed by atoms with Crippen molar-refractivity contribution in [3.05, 3.63) is 87.3 Å². The first kappa shape index (κ1) is 28.6. The number of imidazole rings is 1. The van der Waals surface area contributed by atoms with E-state index in [-0.39, 0.29) is 40.4 Å². The van der Waals surface area contributed by atoms with Gasteiger partial charge in [-0.05, 0) is 61.9 Å². The van der Waals surface area contributed by atoms with Gasteiger partial charge in [0.05, 0.1) is 33.5 Å². The van der Waals surface area contributed by atoms with E-state index >= 15 is 0 Å². The molecule has 0 aliphatic heterocycles. The van der Waals surface area contributed by atoms with Gasteiger partial charge in [-0.2, -0.15) is 0 Å². The maximum Gasteiger partial charge on any atom is 0.333 e. The van der Waals surface area contributed by atoms with Crippen molar-refractivity contribution in [1.82, 2.24) is 24.4 Å². The number of alkyl halides is 2. The van der Waals surface area contributed by atoms with E-state index < -0.39 is 18.0 Å². The van der Waals surface area contributed by atoms with E-state index in [2.05, 4.69) is 15.3 Å². The van der Waals surface area contributed by atoms with Crippen molar-refractivity contribution in [2.24, 2.45) is 5.92 Å². The molecule has 3 aromatic heterocycles. The number of carbonyl (C=O) groups is 2. The standard InChI is InChI=1S/C30H30ClF2N5O3/c1-2-23(39)14-21-11-12-22(16-34-21)38-26-6-4-3-5-25(26)37(30(38)41)17-18-7-9-20(10-8-18)36-29(40)24-13-19(31)15-35-27(24)28(32)33/h3-6,11-13,15-16,18,20,28H,2,7-10,14,17H2,1H3,(H,36,40). The molecule has 0 spiro atoms. The Morgan fingerprint density at radius 2 is 1.78 bits per heavy atom. The van der Waals surface area contributed by atoms with Crippen LogP contribution in [-0.2, 0) is 17.8 Å². The number of nitrogens with zero attached hydrogens (tertiary/aromatic N) is 4. The second-order valence-electron chi connectivity index (χ2n) is 10.4. The summed E-state index contributed by atoms with van der Waals surface area (Å²) < 4.78 is 30.1. The van der Waals surface area contributed by atoms with Crippen molar-refractivity contribution < 1.29 is 18.4 Å². The average molecular weight is 582 g/mol. The zero-order valence-corrected chi connectivity index (χ0v) is 23.3. The van der Waals surface area contributed by atoms with Gasteiger partial charge in [0, 0.05) is 37.3 Å². The number of benzene rings is 1. The van der Waals surface area contributed by atoms with E-state index in [4.69, 9.17) is 11.6 Å². The molecule has 1 aliphatic carbocycles. The number of nitrogens with one attached hydrogen (secondary N) is 1. The molecule has 41 heavy (non-hydrogen) atoms. The zero-order valence-electron chi connectivity index (χ0n) is 22.5. The molecule has 1 aromatic carbocycles. The first-order chi connectivity index (χ1) is 19.7. The summed E-state index contributed by atoms with van der Waals surface area (Å²) in [7, 11) is 0. The Kier molecular flexibility index (Phi) is 8.58. The Morgan fingerprint density at radius 3 is 2.44 bits per heavy atom. The molecule has 11 heteroatoms. The largest absolute Gasteiger partial charge is 0.349 e. The lowest BCUT2D eigenvalue weighted by Gasteiger charge is -2.29. The van der Waals surface area contributed by atoms with Gasteiger partial charge in [-0.1, -0.05) is 30.7 Å². The molecule has 1 N–H and O–H groups in total. The highest BCUT2D eigenvalue weighted by Crippen LogP contribution is 2.29. The summed E-state index contributed by atoms with van der Waals surface area (Å²) in [5.41, 5.74) is 1.90. The van der Waals surface area contributed by atoms with Crippen LogP contribution < -0.4 is 11.0 Å². The molecule has 5 rings (SSSR count). The Hall–Kier alpha value is -3.92. The first-order valence-corrected chi connectivity index (χ1v) is 14.0. The number of hydrogen-bond acceptors (Lipinski definition) is 5. The number of rotatable bonds is 9. The minimum atomic E-state index is -2.89. The summed E-state index contributed by atoms with van der Waals surface area (Å²) >= 11 is 5.90. The van der Waals surface area contributed by atoms with Crippen molar-refractivity contribution in [3.8, 4) is 5.69 Å². The lowest BCUT2D eigenvalue weighted by Crippen LogP contribution is -2.39. The minimum Gasteiger partial charge on any atom is -0.349 e. The van der Waals surface area contributed by atoms with Crippen LogP contribution in [0.5, 0.6) is 0 Å². The van der Waals surface area contributed by atoms with Gasteiger partial charge in [0.1, 0.15) is 11.5 Å². The highest BCUT2D eigenvalue weighted by atomic mass is 35.5. The van der Waals surface area contributed by atoms with Crippen LogP contribution in [-0.4, -0.2) is 36.8 Å². The van der Waals surface area contributed by atoms with Crippen LogP contribution in [0.3, 0.4) is 0 Å². The molecular weight excluding hydrogens is 552 g/mol. The van der Waals surface area contributed by atoms with Gasteiger partial charge >= 0.3 is 5.69 Å². The molecule has 1 fully saturated rings. The Labute approximate surface area is 240 Å². The van der Waals surface area contributed by atoms with Crippen LogP contribution >= 0.6 is 11.6 Å². The molecule has 0 unspecified atom stereocenters. The predicted molar refractivity (Wildman–Crippen MR) is 152 cm³/mol. The Morgan fingerprint density at radius 1 is 1.05 bits per heavy atom. The van der Waals surface area contributed by atoms with Gasteiger partial charge in [-0.3, -0.25) is 28.7 Å². The summed E-state index contributed by atoms with van der Waals surface area (Å²) in [4.78, 5) is 46.3. The maximum atomic E-state index is 13.7.